The lowest BCUT2D eigenvalue weighted by Gasteiger charge is -2.39. The maximum absolute atomic E-state index is 13.4. The molecule has 200 valence electrons. The molecule has 0 radical (unpaired) electrons. The third-order valence-corrected chi connectivity index (χ3v) is 8.20. The van der Waals surface area contributed by atoms with Gasteiger partial charge in [-0.15, -0.1) is 0 Å². The molecular formula is C30H43N5O2. The monoisotopic (exact) mass is 505 g/mol. The number of piperidine rings is 1. The van der Waals surface area contributed by atoms with Crippen molar-refractivity contribution in [2.45, 2.75) is 90.1 Å². The first-order valence-electron chi connectivity index (χ1n) is 13.8. The molecule has 3 heterocycles. The van der Waals surface area contributed by atoms with E-state index in [1.54, 1.807) is 13.4 Å². The highest BCUT2D eigenvalue weighted by atomic mass is 16.2. The van der Waals surface area contributed by atoms with Crippen LogP contribution in [0.4, 0.5) is 0 Å². The second-order valence-corrected chi connectivity index (χ2v) is 11.7. The molecule has 1 aromatic heterocycles. The lowest BCUT2D eigenvalue weighted by molar-refractivity contribution is -0.121. The third-order valence-electron chi connectivity index (χ3n) is 8.20. The standard InChI is InChI=1S/C30H43N5O2/c1-21-26(13-10-22-8-11-23(12-9-22)30(2,3)4)32-20-33-28(21)29(37)34-17-14-24(15-18-34)35-16-6-7-25(35)19-27(36)31-5/h8-9,11-12,20,24-25H,6-7,10,13-19H2,1-5H3,(H,31,36)/t25-/m1/s1. The molecule has 1 aromatic carbocycles. The number of aryl methyl sites for hydroxylation is 2. The van der Waals surface area contributed by atoms with Crippen LogP contribution < -0.4 is 5.32 Å². The zero-order valence-electron chi connectivity index (χ0n) is 23.2. The molecule has 0 saturated carbocycles. The summed E-state index contributed by atoms with van der Waals surface area (Å²) in [4.78, 5) is 38.7. The van der Waals surface area contributed by atoms with Gasteiger partial charge in [0.25, 0.3) is 5.91 Å². The van der Waals surface area contributed by atoms with E-state index in [0.717, 1.165) is 69.4 Å². The van der Waals surface area contributed by atoms with Crippen LogP contribution in [0, 0.1) is 6.92 Å². The number of hydrogen-bond acceptors (Lipinski definition) is 5. The van der Waals surface area contributed by atoms with Crippen LogP contribution >= 0.6 is 0 Å². The number of nitrogens with zero attached hydrogens (tertiary/aromatic N) is 4. The van der Waals surface area contributed by atoms with Crippen molar-refractivity contribution in [1.82, 2.24) is 25.1 Å². The quantitative estimate of drug-likeness (QED) is 0.614. The highest BCUT2D eigenvalue weighted by molar-refractivity contribution is 5.93. The summed E-state index contributed by atoms with van der Waals surface area (Å²) >= 11 is 0. The van der Waals surface area contributed by atoms with Crippen LogP contribution in [0.1, 0.15) is 85.7 Å². The molecule has 2 fully saturated rings. The zero-order valence-corrected chi connectivity index (χ0v) is 23.2. The van der Waals surface area contributed by atoms with Gasteiger partial charge in [0.15, 0.2) is 0 Å². The van der Waals surface area contributed by atoms with Crippen molar-refractivity contribution in [3.63, 3.8) is 0 Å². The molecule has 1 N–H and O–H groups in total. The third kappa shape index (κ3) is 6.56. The summed E-state index contributed by atoms with van der Waals surface area (Å²) in [5.74, 6) is 0.124. The van der Waals surface area contributed by atoms with Gasteiger partial charge in [0.05, 0.1) is 0 Å². The molecule has 0 unspecified atom stereocenters. The molecule has 0 spiro atoms. The number of carbonyl (C=O) groups excluding carboxylic acids is 2. The number of benzene rings is 1. The number of hydrogen-bond donors (Lipinski definition) is 1. The molecule has 2 amide bonds. The van der Waals surface area contributed by atoms with E-state index in [-0.39, 0.29) is 17.2 Å². The number of nitrogens with one attached hydrogen (secondary N) is 1. The Kier molecular flexibility index (Phi) is 8.63. The van der Waals surface area contributed by atoms with Gasteiger partial charge in [0.2, 0.25) is 5.91 Å². The molecular weight excluding hydrogens is 462 g/mol. The fraction of sp³-hybridized carbons (Fsp3) is 0.600. The summed E-state index contributed by atoms with van der Waals surface area (Å²) in [6.07, 6.45) is 7.88. The van der Waals surface area contributed by atoms with Crippen molar-refractivity contribution in [3.05, 3.63) is 58.7 Å². The van der Waals surface area contributed by atoms with Crippen molar-refractivity contribution in [3.8, 4) is 0 Å². The van der Waals surface area contributed by atoms with Gasteiger partial charge in [0, 0.05) is 49.9 Å². The molecule has 7 heteroatoms. The second kappa shape index (κ2) is 11.7. The topological polar surface area (TPSA) is 78.4 Å². The maximum atomic E-state index is 13.4. The molecule has 2 aliphatic heterocycles. The highest BCUT2D eigenvalue weighted by Gasteiger charge is 2.35. The van der Waals surface area contributed by atoms with E-state index < -0.39 is 0 Å². The number of likely N-dealkylation sites (tertiary alicyclic amines) is 2. The second-order valence-electron chi connectivity index (χ2n) is 11.7. The van der Waals surface area contributed by atoms with Crippen LogP contribution in [-0.2, 0) is 23.1 Å². The fourth-order valence-electron chi connectivity index (χ4n) is 5.81. The van der Waals surface area contributed by atoms with Gasteiger partial charge < -0.3 is 10.2 Å². The van der Waals surface area contributed by atoms with Crippen LogP contribution in [0.15, 0.2) is 30.6 Å². The van der Waals surface area contributed by atoms with Gasteiger partial charge in [-0.25, -0.2) is 9.97 Å². The molecule has 1 atom stereocenters. The molecule has 0 bridgehead atoms. The minimum absolute atomic E-state index is 0.0115. The van der Waals surface area contributed by atoms with E-state index in [9.17, 15) is 9.59 Å². The van der Waals surface area contributed by atoms with Gasteiger partial charge in [0.1, 0.15) is 12.0 Å². The van der Waals surface area contributed by atoms with E-state index in [4.69, 9.17) is 0 Å². The van der Waals surface area contributed by atoms with Crippen molar-refractivity contribution in [1.29, 1.82) is 0 Å². The summed E-state index contributed by atoms with van der Waals surface area (Å²) in [5, 5.41) is 2.76. The van der Waals surface area contributed by atoms with Crippen molar-refractivity contribution in [2.75, 3.05) is 26.7 Å². The highest BCUT2D eigenvalue weighted by Crippen LogP contribution is 2.28. The Labute approximate surface area is 222 Å². The van der Waals surface area contributed by atoms with Crippen LogP contribution in [0.25, 0.3) is 0 Å². The van der Waals surface area contributed by atoms with E-state index in [1.165, 1.54) is 11.1 Å². The van der Waals surface area contributed by atoms with Crippen molar-refractivity contribution >= 4 is 11.8 Å². The summed E-state index contributed by atoms with van der Waals surface area (Å²) in [5.41, 5.74) is 5.13. The maximum Gasteiger partial charge on any atom is 0.272 e. The number of amides is 2. The summed E-state index contributed by atoms with van der Waals surface area (Å²) in [7, 11) is 1.70. The number of rotatable bonds is 7. The van der Waals surface area contributed by atoms with Gasteiger partial charge in [-0.2, -0.15) is 0 Å². The average Bonchev–Trinajstić information content (AvgIpc) is 3.35. The molecule has 0 aliphatic carbocycles. The minimum Gasteiger partial charge on any atom is -0.359 e. The van der Waals surface area contributed by atoms with Crippen LogP contribution in [0.3, 0.4) is 0 Å². The van der Waals surface area contributed by atoms with E-state index >= 15 is 0 Å². The number of carbonyl (C=O) groups is 2. The smallest absolute Gasteiger partial charge is 0.272 e. The van der Waals surface area contributed by atoms with Gasteiger partial charge in [-0.1, -0.05) is 45.0 Å². The van der Waals surface area contributed by atoms with Crippen molar-refractivity contribution in [2.24, 2.45) is 0 Å². The van der Waals surface area contributed by atoms with Gasteiger partial charge >= 0.3 is 0 Å². The van der Waals surface area contributed by atoms with E-state index in [0.29, 0.717) is 24.2 Å². The van der Waals surface area contributed by atoms with Crippen molar-refractivity contribution < 1.29 is 9.59 Å². The first-order chi connectivity index (χ1) is 17.7. The molecule has 2 aromatic rings. The van der Waals surface area contributed by atoms with Crippen LogP contribution in [-0.4, -0.2) is 70.3 Å². The Balaban J connectivity index is 1.34. The lowest BCUT2D eigenvalue weighted by atomic mass is 9.86. The van der Waals surface area contributed by atoms with E-state index in [1.807, 2.05) is 11.8 Å². The number of aromatic nitrogens is 2. The normalized spacial score (nSPS) is 19.3. The Morgan fingerprint density at radius 2 is 1.70 bits per heavy atom. The van der Waals surface area contributed by atoms with Crippen LogP contribution in [0.5, 0.6) is 0 Å². The summed E-state index contributed by atoms with van der Waals surface area (Å²) in [6.45, 7) is 11.2. The molecule has 2 saturated heterocycles. The zero-order chi connectivity index (χ0) is 26.6. The summed E-state index contributed by atoms with van der Waals surface area (Å²) in [6, 6.07) is 9.59. The Bertz CT molecular complexity index is 1080. The van der Waals surface area contributed by atoms with Crippen LogP contribution in [0.2, 0.25) is 0 Å². The first kappa shape index (κ1) is 27.2. The predicted molar refractivity (Wildman–Crippen MR) is 147 cm³/mol. The molecule has 2 aliphatic rings. The van der Waals surface area contributed by atoms with E-state index in [2.05, 4.69) is 65.2 Å². The van der Waals surface area contributed by atoms with Gasteiger partial charge in [-0.3, -0.25) is 14.5 Å². The molecule has 4 rings (SSSR count). The lowest BCUT2D eigenvalue weighted by Crippen LogP contribution is -2.49. The fourth-order valence-corrected chi connectivity index (χ4v) is 5.81. The average molecular weight is 506 g/mol. The largest absolute Gasteiger partial charge is 0.359 e. The minimum atomic E-state index is 0.0115. The Morgan fingerprint density at radius 1 is 1.00 bits per heavy atom. The predicted octanol–water partition coefficient (Wildman–Crippen LogP) is 4.07. The summed E-state index contributed by atoms with van der Waals surface area (Å²) < 4.78 is 0. The Morgan fingerprint density at radius 3 is 2.35 bits per heavy atom. The Hall–Kier alpha value is -2.80. The SMILES string of the molecule is CNC(=O)C[C@H]1CCCN1C1CCN(C(=O)c2ncnc(CCc3ccc(C(C)(C)C)cc3)c2C)CC1. The molecule has 37 heavy (non-hydrogen) atoms. The first-order valence-corrected chi connectivity index (χ1v) is 13.8. The van der Waals surface area contributed by atoms with Gasteiger partial charge in [-0.05, 0) is 68.5 Å². The molecule has 7 nitrogen and oxygen atoms in total.